The molecule has 1 atom stereocenters. The standard InChI is InChI=1S/C25H34N2O4S/c28-32(29,24-13-11-23(12-14-24)22-8-2-1-3-9-22)27-17-6-15-26(18-19-27)16-7-21-31-25-10-4-5-20-30-25/h1-3,8-9,11-14,25H,4-7,10,15-21H2. The van der Waals surface area contributed by atoms with Crippen molar-refractivity contribution in [2.75, 3.05) is 45.9 Å². The van der Waals surface area contributed by atoms with E-state index >= 15 is 0 Å². The van der Waals surface area contributed by atoms with Gasteiger partial charge in [-0.3, -0.25) is 0 Å². The summed E-state index contributed by atoms with van der Waals surface area (Å²) in [7, 11) is -3.48. The van der Waals surface area contributed by atoms with E-state index in [1.807, 2.05) is 42.5 Å². The number of hydrogen-bond acceptors (Lipinski definition) is 5. The van der Waals surface area contributed by atoms with Gasteiger partial charge in [0.25, 0.3) is 0 Å². The zero-order chi connectivity index (χ0) is 22.2. The number of benzene rings is 2. The molecular weight excluding hydrogens is 424 g/mol. The molecule has 7 heteroatoms. The van der Waals surface area contributed by atoms with Crippen molar-refractivity contribution < 1.29 is 17.9 Å². The molecule has 174 valence electrons. The number of nitrogens with zero attached hydrogens (tertiary/aromatic N) is 2. The average molecular weight is 459 g/mol. The van der Waals surface area contributed by atoms with Crippen molar-refractivity contribution in [2.45, 2.75) is 43.3 Å². The second kappa shape index (κ2) is 11.4. The molecule has 0 bridgehead atoms. The van der Waals surface area contributed by atoms with Gasteiger partial charge in [-0.05, 0) is 61.9 Å². The van der Waals surface area contributed by atoms with Crippen LogP contribution in [0.2, 0.25) is 0 Å². The topological polar surface area (TPSA) is 59.1 Å². The lowest BCUT2D eigenvalue weighted by molar-refractivity contribution is -0.163. The fourth-order valence-electron chi connectivity index (χ4n) is 4.36. The van der Waals surface area contributed by atoms with Crippen LogP contribution < -0.4 is 0 Å². The minimum atomic E-state index is -3.48. The summed E-state index contributed by atoms with van der Waals surface area (Å²) in [6.45, 7) is 5.17. The highest BCUT2D eigenvalue weighted by atomic mass is 32.2. The smallest absolute Gasteiger partial charge is 0.243 e. The number of rotatable bonds is 8. The lowest BCUT2D eigenvalue weighted by atomic mass is 10.1. The van der Waals surface area contributed by atoms with E-state index in [1.165, 1.54) is 6.42 Å². The first-order valence-electron chi connectivity index (χ1n) is 11.7. The van der Waals surface area contributed by atoms with Crippen molar-refractivity contribution in [1.29, 1.82) is 0 Å². The molecule has 2 aromatic carbocycles. The Morgan fingerprint density at radius 2 is 1.66 bits per heavy atom. The third kappa shape index (κ3) is 6.17. The largest absolute Gasteiger partial charge is 0.353 e. The van der Waals surface area contributed by atoms with E-state index in [4.69, 9.17) is 9.47 Å². The van der Waals surface area contributed by atoms with Crippen molar-refractivity contribution in [1.82, 2.24) is 9.21 Å². The maximum Gasteiger partial charge on any atom is 0.243 e. The summed E-state index contributed by atoms with van der Waals surface area (Å²) in [6.07, 6.45) is 5.03. The number of ether oxygens (including phenoxy) is 2. The van der Waals surface area contributed by atoms with Gasteiger partial charge in [0.05, 0.1) is 11.5 Å². The van der Waals surface area contributed by atoms with Gasteiger partial charge >= 0.3 is 0 Å². The highest BCUT2D eigenvalue weighted by Crippen LogP contribution is 2.23. The van der Waals surface area contributed by atoms with Crippen LogP contribution in [0, 0.1) is 0 Å². The van der Waals surface area contributed by atoms with Crippen LogP contribution in [0.3, 0.4) is 0 Å². The predicted molar refractivity (Wildman–Crippen MR) is 126 cm³/mol. The molecule has 0 radical (unpaired) electrons. The molecule has 32 heavy (non-hydrogen) atoms. The average Bonchev–Trinajstić information content (AvgIpc) is 3.09. The van der Waals surface area contributed by atoms with Crippen LogP contribution in [0.25, 0.3) is 11.1 Å². The quantitative estimate of drug-likeness (QED) is 0.560. The van der Waals surface area contributed by atoms with Gasteiger partial charge in [-0.2, -0.15) is 4.31 Å². The van der Waals surface area contributed by atoms with Gasteiger partial charge in [-0.1, -0.05) is 42.5 Å². The Kier molecular flexibility index (Phi) is 8.32. The summed E-state index contributed by atoms with van der Waals surface area (Å²) in [4.78, 5) is 2.71. The van der Waals surface area contributed by atoms with Crippen LogP contribution in [-0.4, -0.2) is 69.9 Å². The molecule has 2 fully saturated rings. The van der Waals surface area contributed by atoms with Crippen LogP contribution in [0.4, 0.5) is 0 Å². The zero-order valence-corrected chi connectivity index (χ0v) is 19.5. The molecule has 0 N–H and O–H groups in total. The van der Waals surface area contributed by atoms with E-state index in [2.05, 4.69) is 4.90 Å². The monoisotopic (exact) mass is 458 g/mol. The van der Waals surface area contributed by atoms with Crippen LogP contribution in [-0.2, 0) is 19.5 Å². The van der Waals surface area contributed by atoms with Crippen molar-refractivity contribution in [3.8, 4) is 11.1 Å². The highest BCUT2D eigenvalue weighted by Gasteiger charge is 2.27. The van der Waals surface area contributed by atoms with E-state index in [-0.39, 0.29) is 6.29 Å². The third-order valence-corrected chi connectivity index (χ3v) is 8.12. The molecule has 0 saturated carbocycles. The van der Waals surface area contributed by atoms with Gasteiger partial charge in [0, 0.05) is 32.8 Å². The van der Waals surface area contributed by atoms with Gasteiger partial charge in [-0.15, -0.1) is 0 Å². The van der Waals surface area contributed by atoms with E-state index in [0.29, 0.717) is 24.6 Å². The second-order valence-corrected chi connectivity index (χ2v) is 10.4. The van der Waals surface area contributed by atoms with Crippen molar-refractivity contribution in [3.63, 3.8) is 0 Å². The summed E-state index contributed by atoms with van der Waals surface area (Å²) < 4.78 is 39.5. The molecule has 0 amide bonds. The number of hydrogen-bond donors (Lipinski definition) is 0. The molecule has 1 unspecified atom stereocenters. The molecule has 2 saturated heterocycles. The lowest BCUT2D eigenvalue weighted by Gasteiger charge is -2.24. The van der Waals surface area contributed by atoms with Crippen LogP contribution in [0.5, 0.6) is 0 Å². The van der Waals surface area contributed by atoms with Crippen molar-refractivity contribution in [3.05, 3.63) is 54.6 Å². The van der Waals surface area contributed by atoms with Crippen LogP contribution >= 0.6 is 0 Å². The molecule has 0 spiro atoms. The summed E-state index contributed by atoms with van der Waals surface area (Å²) in [5, 5.41) is 0. The maximum absolute atomic E-state index is 13.2. The fraction of sp³-hybridized carbons (Fsp3) is 0.520. The first-order valence-corrected chi connectivity index (χ1v) is 13.2. The molecule has 2 aliphatic heterocycles. The fourth-order valence-corrected chi connectivity index (χ4v) is 5.83. The molecule has 0 aromatic heterocycles. The summed E-state index contributed by atoms with van der Waals surface area (Å²) in [5.41, 5.74) is 2.10. The molecule has 6 nitrogen and oxygen atoms in total. The Hall–Kier alpha value is -1.77. The zero-order valence-electron chi connectivity index (χ0n) is 18.7. The van der Waals surface area contributed by atoms with Crippen LogP contribution in [0.1, 0.15) is 32.1 Å². The first-order chi connectivity index (χ1) is 15.6. The molecule has 2 aromatic rings. The molecular formula is C25H34N2O4S. The SMILES string of the molecule is O=S(=O)(c1ccc(-c2ccccc2)cc1)N1CCCN(CCCOC2CCCCO2)CC1. The van der Waals surface area contributed by atoms with Gasteiger partial charge < -0.3 is 14.4 Å². The minimum Gasteiger partial charge on any atom is -0.353 e. The van der Waals surface area contributed by atoms with E-state index in [0.717, 1.165) is 63.1 Å². The number of sulfonamides is 1. The summed E-state index contributed by atoms with van der Waals surface area (Å²) in [5.74, 6) is 0. The Morgan fingerprint density at radius 1 is 0.875 bits per heavy atom. The Bertz CT molecular complexity index is 928. The van der Waals surface area contributed by atoms with Gasteiger partial charge in [0.15, 0.2) is 6.29 Å². The van der Waals surface area contributed by atoms with Crippen molar-refractivity contribution >= 4 is 10.0 Å². The normalized spacial score (nSPS) is 21.3. The molecule has 2 heterocycles. The predicted octanol–water partition coefficient (Wildman–Crippen LogP) is 3.98. The third-order valence-electron chi connectivity index (χ3n) is 6.21. The minimum absolute atomic E-state index is 0.0400. The molecule has 4 rings (SSSR count). The lowest BCUT2D eigenvalue weighted by Crippen LogP contribution is -2.35. The van der Waals surface area contributed by atoms with E-state index in [1.54, 1.807) is 16.4 Å². The Morgan fingerprint density at radius 3 is 2.41 bits per heavy atom. The summed E-state index contributed by atoms with van der Waals surface area (Å²) >= 11 is 0. The van der Waals surface area contributed by atoms with Gasteiger partial charge in [-0.25, -0.2) is 8.42 Å². The van der Waals surface area contributed by atoms with Crippen molar-refractivity contribution in [2.24, 2.45) is 0 Å². The Labute approximate surface area is 192 Å². The highest BCUT2D eigenvalue weighted by molar-refractivity contribution is 7.89. The second-order valence-electron chi connectivity index (χ2n) is 8.51. The van der Waals surface area contributed by atoms with Gasteiger partial charge in [0.1, 0.15) is 0 Å². The van der Waals surface area contributed by atoms with E-state index < -0.39 is 10.0 Å². The first kappa shape index (κ1) is 23.4. The maximum atomic E-state index is 13.2. The Balaban J connectivity index is 1.27. The molecule has 0 aliphatic carbocycles. The van der Waals surface area contributed by atoms with E-state index in [9.17, 15) is 8.42 Å². The van der Waals surface area contributed by atoms with Gasteiger partial charge in [0.2, 0.25) is 10.0 Å². The summed E-state index contributed by atoms with van der Waals surface area (Å²) in [6, 6.07) is 17.2. The van der Waals surface area contributed by atoms with Crippen LogP contribution in [0.15, 0.2) is 59.5 Å². The molecule has 2 aliphatic rings.